The number of hydrogen-bond acceptors (Lipinski definition) is 6. The van der Waals surface area contributed by atoms with Gasteiger partial charge in [0.05, 0.1) is 18.0 Å². The fourth-order valence-electron chi connectivity index (χ4n) is 1.65. The zero-order chi connectivity index (χ0) is 17.2. The summed E-state index contributed by atoms with van der Waals surface area (Å²) in [5.41, 5.74) is 3.50. The minimum absolute atomic E-state index is 0.0148. The molecular formula is C17H20N3O3-. The van der Waals surface area contributed by atoms with E-state index in [9.17, 15) is 0 Å². The van der Waals surface area contributed by atoms with Crippen LogP contribution in [0.25, 0.3) is 0 Å². The standard InChI is InChI=1S/C15H17N3O.C2H4O2/c1-18(2)15-8-6-13(7-9-15)16-17-14-5-3-4-12(10-14)11-19;1-2(3)4/h3-10,19H,11H2,1-2H3;1H3,(H,3,4)/p-1. The van der Waals surface area contributed by atoms with Crippen molar-refractivity contribution < 1.29 is 15.0 Å². The van der Waals surface area contributed by atoms with Crippen LogP contribution in [0.2, 0.25) is 0 Å². The number of anilines is 1. The predicted octanol–water partition coefficient (Wildman–Crippen LogP) is 2.42. The molecule has 0 aliphatic heterocycles. The third kappa shape index (κ3) is 7.19. The van der Waals surface area contributed by atoms with Crippen molar-refractivity contribution in [1.29, 1.82) is 0 Å². The summed E-state index contributed by atoms with van der Waals surface area (Å²) in [6.07, 6.45) is 0. The molecular weight excluding hydrogens is 294 g/mol. The van der Waals surface area contributed by atoms with Crippen LogP contribution in [0.1, 0.15) is 12.5 Å². The van der Waals surface area contributed by atoms with Crippen molar-refractivity contribution in [3.63, 3.8) is 0 Å². The minimum atomic E-state index is -1.08. The number of aliphatic hydroxyl groups is 1. The van der Waals surface area contributed by atoms with E-state index in [1.165, 1.54) is 0 Å². The summed E-state index contributed by atoms with van der Waals surface area (Å²) in [6.45, 7) is 0.987. The fraction of sp³-hybridized carbons (Fsp3) is 0.235. The maximum atomic E-state index is 9.05. The van der Waals surface area contributed by atoms with Crippen molar-refractivity contribution in [3.8, 4) is 0 Å². The number of azo groups is 1. The number of benzene rings is 2. The number of aliphatic hydroxyl groups excluding tert-OH is 1. The average molecular weight is 314 g/mol. The molecule has 0 atom stereocenters. The topological polar surface area (TPSA) is 88.3 Å². The van der Waals surface area contributed by atoms with E-state index < -0.39 is 5.97 Å². The van der Waals surface area contributed by atoms with E-state index in [1.54, 1.807) is 0 Å². The second-order valence-corrected chi connectivity index (χ2v) is 4.93. The van der Waals surface area contributed by atoms with Crippen molar-refractivity contribution in [2.45, 2.75) is 13.5 Å². The lowest BCUT2D eigenvalue weighted by molar-refractivity contribution is -0.302. The molecule has 2 rings (SSSR count). The molecule has 2 aromatic rings. The average Bonchev–Trinajstić information content (AvgIpc) is 2.53. The van der Waals surface area contributed by atoms with Crippen LogP contribution < -0.4 is 10.0 Å². The Kier molecular flexibility index (Phi) is 7.42. The van der Waals surface area contributed by atoms with Gasteiger partial charge >= 0.3 is 0 Å². The van der Waals surface area contributed by atoms with Crippen molar-refractivity contribution >= 4 is 23.0 Å². The van der Waals surface area contributed by atoms with Gasteiger partial charge in [0, 0.05) is 25.8 Å². The third-order valence-electron chi connectivity index (χ3n) is 2.74. The number of aliphatic carboxylic acids is 1. The Morgan fingerprint density at radius 1 is 1.09 bits per heavy atom. The molecule has 0 radical (unpaired) electrons. The lowest BCUT2D eigenvalue weighted by Crippen LogP contribution is -2.16. The van der Waals surface area contributed by atoms with Crippen molar-refractivity contribution in [2.24, 2.45) is 10.2 Å². The number of carbonyl (C=O) groups excluding carboxylic acids is 1. The molecule has 0 unspecified atom stereocenters. The number of carboxylic acid groups (broad SMARTS) is 1. The summed E-state index contributed by atoms with van der Waals surface area (Å²) in [5.74, 6) is -1.08. The lowest BCUT2D eigenvalue weighted by atomic mass is 10.2. The Balaban J connectivity index is 0.000000593. The first kappa shape index (κ1) is 18.3. The van der Waals surface area contributed by atoms with Crippen LogP contribution in [-0.2, 0) is 11.4 Å². The highest BCUT2D eigenvalue weighted by Gasteiger charge is 1.96. The molecule has 0 saturated carbocycles. The molecule has 0 aliphatic carbocycles. The van der Waals surface area contributed by atoms with E-state index in [2.05, 4.69) is 10.2 Å². The van der Waals surface area contributed by atoms with Crippen LogP contribution in [-0.4, -0.2) is 25.2 Å². The van der Waals surface area contributed by atoms with Gasteiger partial charge in [0.25, 0.3) is 0 Å². The van der Waals surface area contributed by atoms with Crippen LogP contribution in [0.4, 0.5) is 17.1 Å². The molecule has 0 amide bonds. The van der Waals surface area contributed by atoms with E-state index in [4.69, 9.17) is 15.0 Å². The van der Waals surface area contributed by atoms with Gasteiger partial charge in [-0.2, -0.15) is 10.2 Å². The first-order valence-electron chi connectivity index (χ1n) is 6.99. The SMILES string of the molecule is CC(=O)[O-].CN(C)c1ccc(N=Nc2cccc(CO)c2)cc1. The zero-order valence-corrected chi connectivity index (χ0v) is 13.4. The van der Waals surface area contributed by atoms with Crippen molar-refractivity contribution in [3.05, 3.63) is 54.1 Å². The van der Waals surface area contributed by atoms with Gasteiger partial charge in [-0.25, -0.2) is 0 Å². The van der Waals surface area contributed by atoms with Gasteiger partial charge in [0.2, 0.25) is 0 Å². The van der Waals surface area contributed by atoms with E-state index in [1.807, 2.05) is 67.5 Å². The Hall–Kier alpha value is -2.73. The molecule has 0 bridgehead atoms. The van der Waals surface area contributed by atoms with Crippen LogP contribution >= 0.6 is 0 Å². The summed E-state index contributed by atoms with van der Waals surface area (Å²) in [7, 11) is 3.99. The van der Waals surface area contributed by atoms with Crippen molar-refractivity contribution in [2.75, 3.05) is 19.0 Å². The molecule has 0 saturated heterocycles. The van der Waals surface area contributed by atoms with Crippen LogP contribution in [0, 0.1) is 0 Å². The molecule has 2 aromatic carbocycles. The number of carboxylic acids is 1. The predicted molar refractivity (Wildman–Crippen MR) is 88.0 cm³/mol. The molecule has 6 nitrogen and oxygen atoms in total. The third-order valence-corrected chi connectivity index (χ3v) is 2.74. The molecule has 0 heterocycles. The highest BCUT2D eigenvalue weighted by Crippen LogP contribution is 2.21. The van der Waals surface area contributed by atoms with Gasteiger partial charge in [-0.15, -0.1) is 0 Å². The van der Waals surface area contributed by atoms with Crippen LogP contribution in [0.5, 0.6) is 0 Å². The molecule has 1 N–H and O–H groups in total. The normalized spacial score (nSPS) is 10.1. The highest BCUT2D eigenvalue weighted by atomic mass is 16.4. The Bertz CT molecular complexity index is 648. The van der Waals surface area contributed by atoms with E-state index in [0.717, 1.165) is 29.5 Å². The van der Waals surface area contributed by atoms with Gasteiger partial charge in [-0.1, -0.05) is 12.1 Å². The Labute approximate surface area is 135 Å². The summed E-state index contributed by atoms with van der Waals surface area (Å²) >= 11 is 0. The Morgan fingerprint density at radius 2 is 1.65 bits per heavy atom. The highest BCUT2D eigenvalue weighted by molar-refractivity contribution is 5.60. The summed E-state index contributed by atoms with van der Waals surface area (Å²) in [4.78, 5) is 10.9. The van der Waals surface area contributed by atoms with Gasteiger partial charge in [0.15, 0.2) is 0 Å². The lowest BCUT2D eigenvalue weighted by Gasteiger charge is -2.11. The van der Waals surface area contributed by atoms with E-state index in [0.29, 0.717) is 0 Å². The fourth-order valence-corrected chi connectivity index (χ4v) is 1.65. The quantitative estimate of drug-likeness (QED) is 0.878. The number of carbonyl (C=O) groups is 1. The monoisotopic (exact) mass is 314 g/mol. The smallest absolute Gasteiger partial charge is 0.0860 e. The van der Waals surface area contributed by atoms with E-state index >= 15 is 0 Å². The first-order chi connectivity index (χ1) is 10.9. The Morgan fingerprint density at radius 3 is 2.17 bits per heavy atom. The first-order valence-corrected chi connectivity index (χ1v) is 6.99. The van der Waals surface area contributed by atoms with Gasteiger partial charge in [-0.05, 0) is 48.9 Å². The second-order valence-electron chi connectivity index (χ2n) is 4.93. The number of rotatable bonds is 4. The summed E-state index contributed by atoms with van der Waals surface area (Å²) in [6, 6.07) is 15.2. The molecule has 6 heteroatoms. The molecule has 122 valence electrons. The molecule has 0 aliphatic rings. The maximum absolute atomic E-state index is 9.05. The minimum Gasteiger partial charge on any atom is -0.550 e. The van der Waals surface area contributed by atoms with Crippen molar-refractivity contribution in [1.82, 2.24) is 0 Å². The van der Waals surface area contributed by atoms with Crippen LogP contribution in [0.15, 0.2) is 58.8 Å². The largest absolute Gasteiger partial charge is 0.550 e. The number of hydrogen-bond donors (Lipinski definition) is 1. The van der Waals surface area contributed by atoms with Gasteiger partial charge < -0.3 is 19.9 Å². The molecule has 0 spiro atoms. The van der Waals surface area contributed by atoms with Gasteiger partial charge in [0.1, 0.15) is 0 Å². The molecule has 23 heavy (non-hydrogen) atoms. The molecule has 0 aromatic heterocycles. The van der Waals surface area contributed by atoms with Crippen LogP contribution in [0.3, 0.4) is 0 Å². The summed E-state index contributed by atoms with van der Waals surface area (Å²) < 4.78 is 0. The van der Waals surface area contributed by atoms with Gasteiger partial charge in [-0.3, -0.25) is 0 Å². The second kappa shape index (κ2) is 9.32. The molecule has 0 fully saturated rings. The maximum Gasteiger partial charge on any atom is 0.0860 e. The zero-order valence-electron chi connectivity index (χ0n) is 13.4. The number of nitrogens with zero attached hydrogens (tertiary/aromatic N) is 3. The summed E-state index contributed by atoms with van der Waals surface area (Å²) in [5, 5.41) is 26.3. The van der Waals surface area contributed by atoms with E-state index in [-0.39, 0.29) is 6.61 Å².